The molecule has 4 aromatic heterocycles. The van der Waals surface area contributed by atoms with Crippen molar-refractivity contribution in [1.29, 1.82) is 0 Å². The number of ether oxygens (including phenoxy) is 1. The van der Waals surface area contributed by atoms with Crippen molar-refractivity contribution in [3.63, 3.8) is 0 Å². The molecule has 4 aromatic rings. The van der Waals surface area contributed by atoms with Crippen LogP contribution in [0.5, 0.6) is 0 Å². The summed E-state index contributed by atoms with van der Waals surface area (Å²) in [7, 11) is 0. The number of carbonyl (C=O) groups excluding carboxylic acids is 1. The van der Waals surface area contributed by atoms with Gasteiger partial charge < -0.3 is 10.1 Å². The fraction of sp³-hybridized carbons (Fsp3) is 0.125. The number of thiophene rings is 2. The van der Waals surface area contributed by atoms with Crippen LogP contribution in [0.3, 0.4) is 0 Å². The molecule has 0 aliphatic carbocycles. The van der Waals surface area contributed by atoms with E-state index >= 15 is 0 Å². The van der Waals surface area contributed by atoms with Crippen LogP contribution in [0.25, 0.3) is 20.8 Å². The minimum absolute atomic E-state index is 0.323. The Balaban J connectivity index is 1.70. The van der Waals surface area contributed by atoms with Gasteiger partial charge in [0.1, 0.15) is 17.0 Å². The van der Waals surface area contributed by atoms with Crippen LogP contribution >= 0.6 is 34.0 Å². The maximum absolute atomic E-state index is 12.2. The monoisotopic (exact) mass is 388 g/mol. The Morgan fingerprint density at radius 2 is 2.16 bits per heavy atom. The second-order valence-corrected chi connectivity index (χ2v) is 7.58. The van der Waals surface area contributed by atoms with Crippen molar-refractivity contribution in [3.05, 3.63) is 40.2 Å². The lowest BCUT2D eigenvalue weighted by molar-refractivity contribution is 0.0529. The summed E-state index contributed by atoms with van der Waals surface area (Å²) in [5.74, 6) is 0.186. The highest BCUT2D eigenvalue weighted by Gasteiger charge is 2.19. The van der Waals surface area contributed by atoms with Crippen molar-refractivity contribution in [2.45, 2.75) is 6.92 Å². The molecule has 126 valence electrons. The first-order valence-corrected chi connectivity index (χ1v) is 10.1. The molecule has 9 heteroatoms. The zero-order chi connectivity index (χ0) is 17.2. The summed E-state index contributed by atoms with van der Waals surface area (Å²) < 4.78 is 5.13. The van der Waals surface area contributed by atoms with Crippen molar-refractivity contribution in [1.82, 2.24) is 15.0 Å². The Labute approximate surface area is 155 Å². The van der Waals surface area contributed by atoms with Crippen LogP contribution in [-0.2, 0) is 4.74 Å². The molecular weight excluding hydrogens is 376 g/mol. The molecule has 0 unspecified atom stereocenters. The van der Waals surface area contributed by atoms with Crippen molar-refractivity contribution in [2.24, 2.45) is 0 Å². The number of rotatable bonds is 5. The Kier molecular flexibility index (Phi) is 4.43. The van der Waals surface area contributed by atoms with Gasteiger partial charge in [0.05, 0.1) is 28.1 Å². The molecule has 0 aliphatic rings. The second kappa shape index (κ2) is 6.87. The van der Waals surface area contributed by atoms with Crippen LogP contribution in [0.1, 0.15) is 17.3 Å². The normalized spacial score (nSPS) is 10.9. The molecule has 0 radical (unpaired) electrons. The molecule has 1 N–H and O–H groups in total. The van der Waals surface area contributed by atoms with E-state index in [1.54, 1.807) is 23.6 Å². The number of fused-ring (bicyclic) bond motifs is 1. The minimum Gasteiger partial charge on any atom is -0.462 e. The molecule has 4 heterocycles. The van der Waals surface area contributed by atoms with Crippen molar-refractivity contribution < 1.29 is 9.53 Å². The summed E-state index contributed by atoms with van der Waals surface area (Å²) in [5.41, 5.74) is 1.39. The van der Waals surface area contributed by atoms with E-state index in [0.29, 0.717) is 28.5 Å². The minimum atomic E-state index is -0.370. The Hall–Kier alpha value is -2.36. The predicted octanol–water partition coefficient (Wildman–Crippen LogP) is 4.80. The number of carbonyl (C=O) groups is 1. The fourth-order valence-corrected chi connectivity index (χ4v) is 4.65. The van der Waals surface area contributed by atoms with E-state index < -0.39 is 0 Å². The van der Waals surface area contributed by atoms with Gasteiger partial charge in [-0.3, -0.25) is 0 Å². The lowest BCUT2D eigenvalue weighted by Crippen LogP contribution is -2.05. The lowest BCUT2D eigenvalue weighted by Gasteiger charge is -2.05. The third-order valence-electron chi connectivity index (χ3n) is 3.37. The molecule has 0 aromatic carbocycles. The number of hydrogen-bond acceptors (Lipinski definition) is 9. The first-order valence-electron chi connectivity index (χ1n) is 7.42. The van der Waals surface area contributed by atoms with Gasteiger partial charge in [0.2, 0.25) is 0 Å². The van der Waals surface area contributed by atoms with Gasteiger partial charge >= 0.3 is 5.97 Å². The number of thiazole rings is 1. The molecule has 0 bridgehead atoms. The van der Waals surface area contributed by atoms with Gasteiger partial charge in [0, 0.05) is 10.8 Å². The molecule has 4 rings (SSSR count). The molecule has 6 nitrogen and oxygen atoms in total. The molecule has 0 amide bonds. The van der Waals surface area contributed by atoms with E-state index in [4.69, 9.17) is 4.74 Å². The molecule has 0 aliphatic heterocycles. The van der Waals surface area contributed by atoms with Crippen LogP contribution in [0.15, 0.2) is 34.6 Å². The predicted molar refractivity (Wildman–Crippen MR) is 102 cm³/mol. The van der Waals surface area contributed by atoms with Gasteiger partial charge in [0.15, 0.2) is 5.13 Å². The fourth-order valence-electron chi connectivity index (χ4n) is 2.30. The van der Waals surface area contributed by atoms with Gasteiger partial charge in [-0.1, -0.05) is 6.07 Å². The molecule has 0 saturated heterocycles. The molecular formula is C16H12N4O2S3. The van der Waals surface area contributed by atoms with Crippen LogP contribution in [0, 0.1) is 0 Å². The lowest BCUT2D eigenvalue weighted by atomic mass is 10.2. The van der Waals surface area contributed by atoms with Crippen LogP contribution < -0.4 is 5.32 Å². The summed E-state index contributed by atoms with van der Waals surface area (Å²) in [6.07, 6.45) is 1.48. The van der Waals surface area contributed by atoms with E-state index in [9.17, 15) is 4.79 Å². The highest BCUT2D eigenvalue weighted by molar-refractivity contribution is 7.17. The maximum Gasteiger partial charge on any atom is 0.339 e. The van der Waals surface area contributed by atoms with Gasteiger partial charge in [-0.05, 0) is 18.4 Å². The average molecular weight is 388 g/mol. The molecule has 0 saturated carbocycles. The number of nitrogens with one attached hydrogen (secondary N) is 1. The third-order valence-corrected chi connectivity index (χ3v) is 5.91. The summed E-state index contributed by atoms with van der Waals surface area (Å²) in [5, 5.41) is 10.4. The van der Waals surface area contributed by atoms with Gasteiger partial charge in [-0.2, -0.15) is 0 Å². The molecule has 0 spiro atoms. The third kappa shape index (κ3) is 3.13. The average Bonchev–Trinajstić information content (AvgIpc) is 3.35. The highest BCUT2D eigenvalue weighted by atomic mass is 32.1. The van der Waals surface area contributed by atoms with Crippen molar-refractivity contribution >= 4 is 61.1 Å². The maximum atomic E-state index is 12.2. The van der Waals surface area contributed by atoms with E-state index in [0.717, 1.165) is 15.4 Å². The molecule has 0 fully saturated rings. The van der Waals surface area contributed by atoms with Gasteiger partial charge in [0.25, 0.3) is 0 Å². The zero-order valence-corrected chi connectivity index (χ0v) is 15.5. The molecule has 25 heavy (non-hydrogen) atoms. The summed E-state index contributed by atoms with van der Waals surface area (Å²) in [6, 6.07) is 4.03. The highest BCUT2D eigenvalue weighted by Crippen LogP contribution is 2.34. The van der Waals surface area contributed by atoms with Crippen LogP contribution in [0.2, 0.25) is 0 Å². The smallest absolute Gasteiger partial charge is 0.339 e. The standard InChI is InChI=1S/C16H12N4O2S3/c1-2-22-15(21)9-6-24-14-12(9)13(17-8-18-14)20-16-19-10(7-25-16)11-4-3-5-23-11/h3-8H,2H2,1H3,(H,17,18,19,20). The molecule has 0 atom stereocenters. The van der Waals surface area contributed by atoms with Crippen LogP contribution in [-0.4, -0.2) is 27.5 Å². The zero-order valence-electron chi connectivity index (χ0n) is 13.1. The largest absolute Gasteiger partial charge is 0.462 e. The SMILES string of the molecule is CCOC(=O)c1csc2ncnc(Nc3nc(-c4cccs4)cs3)c12. The van der Waals surface area contributed by atoms with Gasteiger partial charge in [-0.25, -0.2) is 19.7 Å². The Bertz CT molecular complexity index is 1020. The topological polar surface area (TPSA) is 77.0 Å². The van der Waals surface area contributed by atoms with E-state index in [-0.39, 0.29) is 5.97 Å². The number of nitrogens with zero attached hydrogens (tertiary/aromatic N) is 3. The number of anilines is 2. The summed E-state index contributed by atoms with van der Waals surface area (Å²) >= 11 is 4.52. The first kappa shape index (κ1) is 16.1. The summed E-state index contributed by atoms with van der Waals surface area (Å²) in [6.45, 7) is 2.10. The summed E-state index contributed by atoms with van der Waals surface area (Å²) in [4.78, 5) is 27.1. The van der Waals surface area contributed by atoms with E-state index in [1.807, 2.05) is 22.9 Å². The Morgan fingerprint density at radius 3 is 2.96 bits per heavy atom. The van der Waals surface area contributed by atoms with Crippen molar-refractivity contribution in [3.8, 4) is 10.6 Å². The number of aromatic nitrogens is 3. The van der Waals surface area contributed by atoms with E-state index in [1.165, 1.54) is 29.0 Å². The van der Waals surface area contributed by atoms with Crippen molar-refractivity contribution in [2.75, 3.05) is 11.9 Å². The first-order chi connectivity index (χ1) is 12.3. The quantitative estimate of drug-likeness (QED) is 0.495. The second-order valence-electron chi connectivity index (χ2n) is 4.91. The Morgan fingerprint density at radius 1 is 1.24 bits per heavy atom. The number of hydrogen-bond donors (Lipinski definition) is 1. The van der Waals surface area contributed by atoms with E-state index in [2.05, 4.69) is 20.3 Å². The van der Waals surface area contributed by atoms with Gasteiger partial charge in [-0.15, -0.1) is 34.0 Å². The van der Waals surface area contributed by atoms with Crippen LogP contribution in [0.4, 0.5) is 10.9 Å². The number of esters is 1.